The van der Waals surface area contributed by atoms with Gasteiger partial charge in [0, 0.05) is 18.1 Å². The molecule has 80 valence electrons. The molecular weight excluding hydrogens is 207 g/mol. The first-order chi connectivity index (χ1) is 7.00. The molecule has 0 saturated carbocycles. The predicted molar refractivity (Wildman–Crippen MR) is 49.2 cm³/mol. The molecule has 2 nitrogen and oxygen atoms in total. The molecule has 0 aliphatic carbocycles. The van der Waals surface area contributed by atoms with Gasteiger partial charge in [0.05, 0.1) is 0 Å². The van der Waals surface area contributed by atoms with Crippen LogP contribution in [0.4, 0.5) is 13.2 Å². The van der Waals surface area contributed by atoms with Gasteiger partial charge >= 0.3 is 0 Å². The van der Waals surface area contributed by atoms with E-state index in [1.165, 1.54) is 12.2 Å². The highest BCUT2D eigenvalue weighted by Gasteiger charge is 2.07. The van der Waals surface area contributed by atoms with Gasteiger partial charge < -0.3 is 5.73 Å². The van der Waals surface area contributed by atoms with E-state index in [0.717, 1.165) is 0 Å². The summed E-state index contributed by atoms with van der Waals surface area (Å²) in [4.78, 5) is 10.3. The minimum atomic E-state index is -1.25. The Hall–Kier alpha value is -1.78. The fraction of sp³-hybridized carbons (Fsp3) is 0.100. The molecule has 5 heteroatoms. The van der Waals surface area contributed by atoms with Gasteiger partial charge in [0.1, 0.15) is 5.82 Å². The van der Waals surface area contributed by atoms with E-state index < -0.39 is 23.4 Å². The maximum absolute atomic E-state index is 13.0. The lowest BCUT2D eigenvalue weighted by molar-refractivity contribution is -0.117. The van der Waals surface area contributed by atoms with Crippen LogP contribution in [0, 0.1) is 17.5 Å². The second kappa shape index (κ2) is 4.63. The molecule has 0 heterocycles. The number of nitrogens with two attached hydrogens (primary N) is 1. The Balaban J connectivity index is 2.90. The van der Waals surface area contributed by atoms with Gasteiger partial charge in [-0.2, -0.15) is 0 Å². The molecule has 15 heavy (non-hydrogen) atoms. The summed E-state index contributed by atoms with van der Waals surface area (Å²) in [6, 6.07) is 1.15. The summed E-state index contributed by atoms with van der Waals surface area (Å²) in [5.41, 5.74) is 4.70. The minimum Gasteiger partial charge on any atom is -0.369 e. The largest absolute Gasteiger partial charge is 0.369 e. The van der Waals surface area contributed by atoms with E-state index in [0.29, 0.717) is 12.1 Å². The van der Waals surface area contributed by atoms with Gasteiger partial charge in [0.25, 0.3) is 0 Å². The molecule has 0 aliphatic rings. The van der Waals surface area contributed by atoms with Crippen LogP contribution in [0.3, 0.4) is 0 Å². The van der Waals surface area contributed by atoms with Crippen molar-refractivity contribution in [2.24, 2.45) is 5.73 Å². The van der Waals surface area contributed by atoms with E-state index >= 15 is 0 Å². The average Bonchev–Trinajstić information content (AvgIpc) is 2.13. The zero-order valence-electron chi connectivity index (χ0n) is 7.64. The van der Waals surface area contributed by atoms with Crippen LogP contribution >= 0.6 is 0 Å². The average molecular weight is 215 g/mol. The number of hydrogen-bond acceptors (Lipinski definition) is 1. The molecule has 0 radical (unpaired) electrons. The third-order valence-corrected chi connectivity index (χ3v) is 1.66. The lowest BCUT2D eigenvalue weighted by Crippen LogP contribution is -2.07. The highest BCUT2D eigenvalue weighted by molar-refractivity contribution is 5.76. The molecule has 0 fully saturated rings. The second-order valence-corrected chi connectivity index (χ2v) is 2.86. The fourth-order valence-corrected chi connectivity index (χ4v) is 0.968. The monoisotopic (exact) mass is 215 g/mol. The number of amides is 1. The molecule has 1 rings (SSSR count). The smallest absolute Gasteiger partial charge is 0.221 e. The van der Waals surface area contributed by atoms with Crippen LogP contribution in [-0.2, 0) is 4.79 Å². The van der Waals surface area contributed by atoms with Gasteiger partial charge in [-0.25, -0.2) is 13.2 Å². The zero-order chi connectivity index (χ0) is 11.4. The van der Waals surface area contributed by atoms with Crippen molar-refractivity contribution < 1.29 is 18.0 Å². The lowest BCUT2D eigenvalue weighted by Gasteiger charge is -1.98. The van der Waals surface area contributed by atoms with Crippen molar-refractivity contribution in [3.8, 4) is 0 Å². The quantitative estimate of drug-likeness (QED) is 0.770. The number of halogens is 3. The molecule has 1 aromatic carbocycles. The van der Waals surface area contributed by atoms with Crippen LogP contribution < -0.4 is 5.73 Å². The van der Waals surface area contributed by atoms with E-state index in [2.05, 4.69) is 0 Å². The summed E-state index contributed by atoms with van der Waals surface area (Å²) in [6.45, 7) is 0. The van der Waals surface area contributed by atoms with Crippen LogP contribution in [0.15, 0.2) is 18.2 Å². The Labute approximate surface area is 84.2 Å². The van der Waals surface area contributed by atoms with Gasteiger partial charge in [-0.1, -0.05) is 12.2 Å². The lowest BCUT2D eigenvalue weighted by atomic mass is 10.1. The molecule has 1 aromatic rings. The molecule has 0 saturated heterocycles. The molecule has 0 unspecified atom stereocenters. The summed E-state index contributed by atoms with van der Waals surface area (Å²) in [5, 5.41) is 0. The molecule has 0 spiro atoms. The topological polar surface area (TPSA) is 43.1 Å². The molecule has 1 amide bonds. The second-order valence-electron chi connectivity index (χ2n) is 2.86. The molecule has 0 atom stereocenters. The van der Waals surface area contributed by atoms with Crippen LogP contribution in [0.2, 0.25) is 0 Å². The predicted octanol–water partition coefficient (Wildman–Crippen LogP) is 1.99. The summed E-state index contributed by atoms with van der Waals surface area (Å²) in [5.74, 6) is -3.88. The van der Waals surface area contributed by atoms with Gasteiger partial charge in [-0.15, -0.1) is 0 Å². The number of rotatable bonds is 3. The Morgan fingerprint density at radius 1 is 1.20 bits per heavy atom. The van der Waals surface area contributed by atoms with E-state index in [-0.39, 0.29) is 12.0 Å². The summed E-state index contributed by atoms with van der Waals surface area (Å²) >= 11 is 0. The first kappa shape index (κ1) is 11.3. The van der Waals surface area contributed by atoms with Gasteiger partial charge in [-0.3, -0.25) is 4.79 Å². The first-order valence-electron chi connectivity index (χ1n) is 4.10. The Bertz CT molecular complexity index is 415. The van der Waals surface area contributed by atoms with Crippen molar-refractivity contribution in [3.63, 3.8) is 0 Å². The highest BCUT2D eigenvalue weighted by Crippen LogP contribution is 2.15. The molecule has 0 aromatic heterocycles. The molecular formula is C10H8F3NO. The third-order valence-electron chi connectivity index (χ3n) is 1.66. The first-order valence-corrected chi connectivity index (χ1v) is 4.10. The summed E-state index contributed by atoms with van der Waals surface area (Å²) < 4.78 is 38.2. The van der Waals surface area contributed by atoms with Crippen molar-refractivity contribution in [1.29, 1.82) is 0 Å². The maximum Gasteiger partial charge on any atom is 0.221 e. The van der Waals surface area contributed by atoms with E-state index in [4.69, 9.17) is 5.73 Å². The number of primary amides is 1. The third kappa shape index (κ3) is 3.12. The van der Waals surface area contributed by atoms with E-state index in [9.17, 15) is 18.0 Å². The Morgan fingerprint density at radius 3 is 2.40 bits per heavy atom. The molecule has 2 N–H and O–H groups in total. The van der Waals surface area contributed by atoms with Gasteiger partial charge in [-0.05, 0) is 6.07 Å². The van der Waals surface area contributed by atoms with Crippen molar-refractivity contribution in [2.45, 2.75) is 6.42 Å². The van der Waals surface area contributed by atoms with Crippen molar-refractivity contribution in [3.05, 3.63) is 41.2 Å². The van der Waals surface area contributed by atoms with Gasteiger partial charge in [0.15, 0.2) is 11.6 Å². The standard InChI is InChI=1S/C10H8F3NO/c11-7-5-9(13)8(12)4-6(7)2-1-3-10(14)15/h1-2,4-5H,3H2,(H2,14,15). The zero-order valence-corrected chi connectivity index (χ0v) is 7.64. The van der Waals surface area contributed by atoms with E-state index in [1.54, 1.807) is 0 Å². The van der Waals surface area contributed by atoms with Crippen LogP contribution in [-0.4, -0.2) is 5.91 Å². The van der Waals surface area contributed by atoms with Crippen LogP contribution in [0.5, 0.6) is 0 Å². The number of benzene rings is 1. The van der Waals surface area contributed by atoms with Gasteiger partial charge in [0.2, 0.25) is 5.91 Å². The Kier molecular flexibility index (Phi) is 3.49. The summed E-state index contributed by atoms with van der Waals surface area (Å²) in [6.07, 6.45) is 2.36. The minimum absolute atomic E-state index is 0.0849. The van der Waals surface area contributed by atoms with Crippen molar-refractivity contribution in [2.75, 3.05) is 0 Å². The number of carbonyl (C=O) groups excluding carboxylic acids is 1. The van der Waals surface area contributed by atoms with E-state index in [1.807, 2.05) is 0 Å². The normalized spacial score (nSPS) is 10.9. The molecule has 0 aliphatic heterocycles. The van der Waals surface area contributed by atoms with Crippen molar-refractivity contribution >= 4 is 12.0 Å². The fourth-order valence-electron chi connectivity index (χ4n) is 0.968. The Morgan fingerprint density at radius 2 is 1.80 bits per heavy atom. The van der Waals surface area contributed by atoms with Crippen molar-refractivity contribution in [1.82, 2.24) is 0 Å². The van der Waals surface area contributed by atoms with Crippen LogP contribution in [0.1, 0.15) is 12.0 Å². The molecule has 0 bridgehead atoms. The number of hydrogen-bond donors (Lipinski definition) is 1. The summed E-state index contributed by atoms with van der Waals surface area (Å²) in [7, 11) is 0. The SMILES string of the molecule is NC(=O)CC=Cc1cc(F)c(F)cc1F. The number of carbonyl (C=O) groups is 1. The maximum atomic E-state index is 13.0. The highest BCUT2D eigenvalue weighted by atomic mass is 19.2. The van der Waals surface area contributed by atoms with Crippen LogP contribution in [0.25, 0.3) is 6.08 Å².